The first-order valence-corrected chi connectivity index (χ1v) is 6.68. The minimum Gasteiger partial charge on any atom is -0.490 e. The van der Waals surface area contributed by atoms with Gasteiger partial charge in [-0.05, 0) is 49.8 Å². The summed E-state index contributed by atoms with van der Waals surface area (Å²) in [5.41, 5.74) is -1.30. The van der Waals surface area contributed by atoms with Gasteiger partial charge in [0.1, 0.15) is 5.75 Å². The van der Waals surface area contributed by atoms with Crippen molar-refractivity contribution in [2.75, 3.05) is 0 Å². The average Bonchev–Trinajstić information content (AvgIpc) is 2.40. The highest BCUT2D eigenvalue weighted by molar-refractivity contribution is 5.44. The zero-order valence-corrected chi connectivity index (χ0v) is 11.2. The summed E-state index contributed by atoms with van der Waals surface area (Å²) in [7, 11) is 0. The topological polar surface area (TPSA) is 33.0 Å². The number of nitrogens with zero attached hydrogens (tertiary/aromatic N) is 1. The second-order valence-electron chi connectivity index (χ2n) is 5.32. The molecule has 1 aromatic rings. The van der Waals surface area contributed by atoms with Crippen LogP contribution in [-0.4, -0.2) is 6.10 Å². The summed E-state index contributed by atoms with van der Waals surface area (Å²) in [6, 6.07) is 5.10. The number of hydrogen-bond acceptors (Lipinski definition) is 2. The first-order valence-electron chi connectivity index (χ1n) is 6.68. The Balaban J connectivity index is 2.15. The molecule has 1 saturated carbocycles. The molecule has 0 bridgehead atoms. The summed E-state index contributed by atoms with van der Waals surface area (Å²) >= 11 is 0. The van der Waals surface area contributed by atoms with E-state index in [4.69, 9.17) is 10.00 Å². The third-order valence-electron chi connectivity index (χ3n) is 3.68. The zero-order chi connectivity index (χ0) is 14.8. The Bertz CT molecular complexity index is 511. The maximum Gasteiger partial charge on any atom is 0.417 e. The minimum absolute atomic E-state index is 0.0276. The van der Waals surface area contributed by atoms with Crippen LogP contribution in [0.15, 0.2) is 18.2 Å². The molecule has 0 heterocycles. The molecule has 1 fully saturated rings. The summed E-state index contributed by atoms with van der Waals surface area (Å²) in [5.74, 6) is 0.845. The Labute approximate surface area is 116 Å². The Morgan fingerprint density at radius 2 is 1.85 bits per heavy atom. The van der Waals surface area contributed by atoms with Gasteiger partial charge in [-0.1, -0.05) is 6.92 Å². The lowest BCUT2D eigenvalue weighted by Gasteiger charge is -2.27. The molecule has 0 aliphatic heterocycles. The summed E-state index contributed by atoms with van der Waals surface area (Å²) in [4.78, 5) is 0. The average molecular weight is 283 g/mol. The van der Waals surface area contributed by atoms with Crippen molar-refractivity contribution in [2.24, 2.45) is 5.92 Å². The highest BCUT2D eigenvalue weighted by Crippen LogP contribution is 2.35. The van der Waals surface area contributed by atoms with Gasteiger partial charge < -0.3 is 4.74 Å². The van der Waals surface area contributed by atoms with Gasteiger partial charge in [0.25, 0.3) is 0 Å². The van der Waals surface area contributed by atoms with Crippen molar-refractivity contribution < 1.29 is 17.9 Å². The molecule has 0 unspecified atom stereocenters. The van der Waals surface area contributed by atoms with Gasteiger partial charge in [0.15, 0.2) is 0 Å². The molecule has 5 heteroatoms. The van der Waals surface area contributed by atoms with Crippen LogP contribution < -0.4 is 4.74 Å². The summed E-state index contributed by atoms with van der Waals surface area (Å²) in [6.45, 7) is 2.17. The van der Waals surface area contributed by atoms with E-state index in [0.717, 1.165) is 31.7 Å². The van der Waals surface area contributed by atoms with Crippen molar-refractivity contribution in [1.29, 1.82) is 5.26 Å². The fraction of sp³-hybridized carbons (Fsp3) is 0.533. The molecule has 0 amide bonds. The first kappa shape index (κ1) is 14.7. The molecule has 2 nitrogen and oxygen atoms in total. The monoisotopic (exact) mass is 283 g/mol. The molecule has 20 heavy (non-hydrogen) atoms. The molecule has 0 aromatic heterocycles. The summed E-state index contributed by atoms with van der Waals surface area (Å²) in [5, 5.41) is 8.73. The molecule has 0 atom stereocenters. The Kier molecular flexibility index (Phi) is 4.22. The van der Waals surface area contributed by atoms with Crippen molar-refractivity contribution in [3.8, 4) is 11.8 Å². The van der Waals surface area contributed by atoms with Crippen LogP contribution in [0.1, 0.15) is 43.7 Å². The van der Waals surface area contributed by atoms with E-state index in [-0.39, 0.29) is 17.4 Å². The zero-order valence-electron chi connectivity index (χ0n) is 11.2. The standard InChI is InChI=1S/C15H16F3NO/c1-10-2-5-12(6-3-10)20-13-7-4-11(9-19)14(8-13)15(16,17)18/h4,7-8,10,12H,2-3,5-6H2,1H3. The van der Waals surface area contributed by atoms with E-state index in [1.165, 1.54) is 12.1 Å². The third kappa shape index (κ3) is 3.44. The van der Waals surface area contributed by atoms with E-state index >= 15 is 0 Å². The van der Waals surface area contributed by atoms with Crippen LogP contribution >= 0.6 is 0 Å². The van der Waals surface area contributed by atoms with Crippen molar-refractivity contribution in [3.05, 3.63) is 29.3 Å². The lowest BCUT2D eigenvalue weighted by atomic mass is 9.89. The lowest BCUT2D eigenvalue weighted by molar-refractivity contribution is -0.137. The number of rotatable bonds is 2. The van der Waals surface area contributed by atoms with Crippen LogP contribution in [0.4, 0.5) is 13.2 Å². The van der Waals surface area contributed by atoms with E-state index in [1.54, 1.807) is 6.07 Å². The number of benzene rings is 1. The van der Waals surface area contributed by atoms with Gasteiger partial charge in [0, 0.05) is 0 Å². The number of alkyl halides is 3. The van der Waals surface area contributed by atoms with Gasteiger partial charge in [0.2, 0.25) is 0 Å². The number of nitriles is 1. The van der Waals surface area contributed by atoms with Crippen LogP contribution in [-0.2, 0) is 6.18 Å². The largest absolute Gasteiger partial charge is 0.490 e. The van der Waals surface area contributed by atoms with Crippen LogP contribution in [0.2, 0.25) is 0 Å². The van der Waals surface area contributed by atoms with E-state index < -0.39 is 11.7 Å². The number of hydrogen-bond donors (Lipinski definition) is 0. The molecule has 0 radical (unpaired) electrons. The second-order valence-corrected chi connectivity index (χ2v) is 5.32. The Morgan fingerprint density at radius 1 is 1.20 bits per heavy atom. The van der Waals surface area contributed by atoms with Gasteiger partial charge in [0.05, 0.1) is 23.3 Å². The van der Waals surface area contributed by atoms with Crippen LogP contribution in [0.5, 0.6) is 5.75 Å². The SMILES string of the molecule is CC1CCC(Oc2ccc(C#N)c(C(F)(F)F)c2)CC1. The van der Waals surface area contributed by atoms with Gasteiger partial charge >= 0.3 is 6.18 Å². The Hall–Kier alpha value is -1.70. The highest BCUT2D eigenvalue weighted by atomic mass is 19.4. The van der Waals surface area contributed by atoms with Crippen molar-refractivity contribution in [1.82, 2.24) is 0 Å². The third-order valence-corrected chi connectivity index (χ3v) is 3.68. The van der Waals surface area contributed by atoms with Crippen molar-refractivity contribution in [3.63, 3.8) is 0 Å². The molecule has 0 N–H and O–H groups in total. The predicted molar refractivity (Wildman–Crippen MR) is 68.2 cm³/mol. The van der Waals surface area contributed by atoms with E-state index in [1.807, 2.05) is 0 Å². The van der Waals surface area contributed by atoms with Gasteiger partial charge in [-0.25, -0.2) is 0 Å². The molecule has 1 aliphatic carbocycles. The second kappa shape index (κ2) is 5.74. The lowest BCUT2D eigenvalue weighted by Crippen LogP contribution is -2.23. The van der Waals surface area contributed by atoms with E-state index in [9.17, 15) is 13.2 Å². The van der Waals surface area contributed by atoms with Crippen LogP contribution in [0.3, 0.4) is 0 Å². The molecule has 2 rings (SSSR count). The van der Waals surface area contributed by atoms with Crippen LogP contribution in [0.25, 0.3) is 0 Å². The maximum absolute atomic E-state index is 12.8. The molecule has 1 aromatic carbocycles. The minimum atomic E-state index is -4.54. The smallest absolute Gasteiger partial charge is 0.417 e. The Morgan fingerprint density at radius 3 is 2.40 bits per heavy atom. The predicted octanol–water partition coefficient (Wildman–Crippen LogP) is 4.53. The van der Waals surface area contributed by atoms with Gasteiger partial charge in [-0.15, -0.1) is 0 Å². The normalized spacial score (nSPS) is 23.1. The van der Waals surface area contributed by atoms with Crippen LogP contribution in [0, 0.1) is 17.2 Å². The molecule has 0 spiro atoms. The summed E-state index contributed by atoms with van der Waals surface area (Å²) < 4.78 is 44.1. The fourth-order valence-corrected chi connectivity index (χ4v) is 2.47. The van der Waals surface area contributed by atoms with Gasteiger partial charge in [-0.2, -0.15) is 18.4 Å². The molecule has 108 valence electrons. The fourth-order valence-electron chi connectivity index (χ4n) is 2.47. The highest BCUT2D eigenvalue weighted by Gasteiger charge is 2.34. The molecular formula is C15H16F3NO. The summed E-state index contributed by atoms with van der Waals surface area (Å²) in [6.07, 6.45) is -0.767. The first-order chi connectivity index (χ1) is 9.40. The van der Waals surface area contributed by atoms with Crippen molar-refractivity contribution in [2.45, 2.75) is 44.9 Å². The van der Waals surface area contributed by atoms with E-state index in [2.05, 4.69) is 6.92 Å². The molecular weight excluding hydrogens is 267 g/mol. The van der Waals surface area contributed by atoms with E-state index in [0.29, 0.717) is 5.92 Å². The van der Waals surface area contributed by atoms with Crippen molar-refractivity contribution >= 4 is 0 Å². The number of halogens is 3. The molecule has 1 aliphatic rings. The van der Waals surface area contributed by atoms with Gasteiger partial charge in [-0.3, -0.25) is 0 Å². The molecule has 0 saturated heterocycles. The number of ether oxygens (including phenoxy) is 1. The quantitative estimate of drug-likeness (QED) is 0.798. The maximum atomic E-state index is 12.8.